The van der Waals surface area contributed by atoms with Gasteiger partial charge in [-0.1, -0.05) is 48.9 Å². The summed E-state index contributed by atoms with van der Waals surface area (Å²) in [6, 6.07) is 13.7. The van der Waals surface area contributed by atoms with Gasteiger partial charge in [-0.25, -0.2) is 4.79 Å². The van der Waals surface area contributed by atoms with E-state index in [1.165, 1.54) is 23.3 Å². The Bertz CT molecular complexity index is 2170. The minimum Gasteiger partial charge on any atom is -0.506 e. The Morgan fingerprint density at radius 1 is 1.05 bits per heavy atom. The van der Waals surface area contributed by atoms with Crippen LogP contribution < -0.4 is 4.74 Å². The monoisotopic (exact) mass is 796 g/mol. The van der Waals surface area contributed by atoms with Crippen LogP contribution >= 0.6 is 0 Å². The van der Waals surface area contributed by atoms with E-state index in [-0.39, 0.29) is 82.7 Å². The van der Waals surface area contributed by atoms with Crippen molar-refractivity contribution in [2.75, 3.05) is 33.0 Å². The normalized spacial score (nSPS) is 34.0. The Hall–Kier alpha value is -4.14. The number of carboxylic acid groups (broad SMARTS) is 1. The van der Waals surface area contributed by atoms with Crippen molar-refractivity contribution in [1.82, 2.24) is 0 Å². The van der Waals surface area contributed by atoms with E-state index in [0.29, 0.717) is 44.0 Å². The number of carbonyl (C=O) groups is 2. The second-order valence-corrected chi connectivity index (χ2v) is 17.4. The van der Waals surface area contributed by atoms with E-state index in [9.17, 15) is 40.2 Å². The number of carboxylic acids is 1. The van der Waals surface area contributed by atoms with Gasteiger partial charge in [0.05, 0.1) is 36.3 Å². The van der Waals surface area contributed by atoms with Gasteiger partial charge >= 0.3 is 5.97 Å². The number of aliphatic hydroxyl groups excluding tert-OH is 4. The summed E-state index contributed by atoms with van der Waals surface area (Å²) in [5.41, 5.74) is 2.97. The van der Waals surface area contributed by atoms with E-state index in [1.54, 1.807) is 13.0 Å². The SMILES string of the molecule is Cc1cc2cc(C(=O)O)cc(OC3OC(CO)C4(CC5C6=C(CC=C6C6(CCO)COCC7CCCC5C76)CO4)C(O)C3O)c2c(O)c1C(=O)CCc1ccccc1. The van der Waals surface area contributed by atoms with Crippen LogP contribution in [0.4, 0.5) is 0 Å². The molecular weight excluding hydrogens is 744 g/mol. The fraction of sp³-hybridized carbons (Fsp3) is 0.522. The summed E-state index contributed by atoms with van der Waals surface area (Å²) < 4.78 is 25.6. The molecule has 0 aromatic heterocycles. The van der Waals surface area contributed by atoms with E-state index in [0.717, 1.165) is 30.4 Å². The van der Waals surface area contributed by atoms with Gasteiger partial charge in [0.15, 0.2) is 5.78 Å². The molecule has 3 aromatic rings. The van der Waals surface area contributed by atoms with Crippen LogP contribution in [0.2, 0.25) is 0 Å². The lowest BCUT2D eigenvalue weighted by atomic mass is 9.46. The number of aromatic carboxylic acids is 1. The molecular formula is C46H52O12. The molecule has 3 aromatic carbocycles. The van der Waals surface area contributed by atoms with Crippen molar-refractivity contribution in [1.29, 1.82) is 0 Å². The maximum absolute atomic E-state index is 13.6. The first kappa shape index (κ1) is 39.3. The highest BCUT2D eigenvalue weighted by Crippen LogP contribution is 2.66. The Balaban J connectivity index is 1.05. The number of fused-ring (bicyclic) bond motifs is 3. The molecule has 308 valence electrons. The molecule has 1 spiro atoms. The third kappa shape index (κ3) is 6.14. The first-order valence-corrected chi connectivity index (χ1v) is 20.7. The van der Waals surface area contributed by atoms with Crippen LogP contribution in [0.15, 0.2) is 71.3 Å². The van der Waals surface area contributed by atoms with E-state index >= 15 is 0 Å². The van der Waals surface area contributed by atoms with E-state index in [1.807, 2.05) is 30.3 Å². The molecule has 12 heteroatoms. The molecule has 0 amide bonds. The summed E-state index contributed by atoms with van der Waals surface area (Å²) in [5.74, 6) is -1.43. The lowest BCUT2D eigenvalue weighted by Crippen LogP contribution is -2.69. The number of benzene rings is 3. The molecule has 0 radical (unpaired) electrons. The number of aryl methyl sites for hydroxylation is 2. The molecule has 3 heterocycles. The first-order valence-electron chi connectivity index (χ1n) is 20.7. The van der Waals surface area contributed by atoms with Gasteiger partial charge in [0, 0.05) is 25.0 Å². The van der Waals surface area contributed by atoms with Crippen molar-refractivity contribution in [3.05, 3.63) is 93.6 Å². The number of Topliss-reactive ketones (excluding diaryl/α,β-unsaturated/α-hetero) is 1. The Morgan fingerprint density at radius 3 is 2.62 bits per heavy atom. The Labute approximate surface area is 336 Å². The van der Waals surface area contributed by atoms with Gasteiger partial charge in [-0.05, 0) is 114 Å². The van der Waals surface area contributed by atoms with Gasteiger partial charge < -0.3 is 49.6 Å². The molecule has 3 aliphatic heterocycles. The van der Waals surface area contributed by atoms with Crippen LogP contribution in [0.5, 0.6) is 11.5 Å². The van der Waals surface area contributed by atoms with Crippen molar-refractivity contribution >= 4 is 22.5 Å². The number of hydrogen-bond donors (Lipinski definition) is 6. The molecule has 3 aliphatic carbocycles. The summed E-state index contributed by atoms with van der Waals surface area (Å²) >= 11 is 0. The second kappa shape index (κ2) is 15.2. The zero-order chi connectivity index (χ0) is 40.5. The average molecular weight is 797 g/mol. The minimum absolute atomic E-state index is 0.0466. The number of phenols is 1. The minimum atomic E-state index is -1.73. The van der Waals surface area contributed by atoms with Crippen LogP contribution in [-0.4, -0.2) is 106 Å². The van der Waals surface area contributed by atoms with Gasteiger partial charge in [0.2, 0.25) is 6.29 Å². The maximum atomic E-state index is 13.6. The highest BCUT2D eigenvalue weighted by atomic mass is 16.7. The van der Waals surface area contributed by atoms with Crippen LogP contribution in [-0.2, 0) is 20.6 Å². The van der Waals surface area contributed by atoms with Crippen LogP contribution in [0.1, 0.15) is 76.8 Å². The number of aliphatic hydroxyl groups is 4. The number of aromatic hydroxyl groups is 1. The molecule has 6 aliphatic rings. The summed E-state index contributed by atoms with van der Waals surface area (Å²) in [5, 5.41) is 67.8. The van der Waals surface area contributed by atoms with Crippen molar-refractivity contribution in [3.63, 3.8) is 0 Å². The first-order chi connectivity index (χ1) is 28.0. The summed E-state index contributed by atoms with van der Waals surface area (Å²) in [6.07, 6.45) is 1.27. The smallest absolute Gasteiger partial charge is 0.335 e. The topological polar surface area (TPSA) is 192 Å². The molecule has 0 bridgehead atoms. The second-order valence-electron chi connectivity index (χ2n) is 17.4. The zero-order valence-electron chi connectivity index (χ0n) is 32.6. The lowest BCUT2D eigenvalue weighted by Gasteiger charge is -2.61. The molecule has 2 saturated heterocycles. The van der Waals surface area contributed by atoms with Crippen molar-refractivity contribution in [2.45, 2.75) is 88.5 Å². The maximum Gasteiger partial charge on any atom is 0.335 e. The summed E-state index contributed by atoms with van der Waals surface area (Å²) in [6.45, 7) is 2.50. The van der Waals surface area contributed by atoms with Gasteiger partial charge in [0.25, 0.3) is 0 Å². The number of rotatable bonds is 10. The highest BCUT2D eigenvalue weighted by molar-refractivity contribution is 6.09. The number of carbonyl (C=O) groups excluding carboxylic acids is 1. The Kier molecular flexibility index (Phi) is 10.3. The van der Waals surface area contributed by atoms with Gasteiger partial charge in [-0.3, -0.25) is 4.79 Å². The molecule has 12 nitrogen and oxygen atoms in total. The molecule has 4 fully saturated rings. The van der Waals surface area contributed by atoms with E-state index < -0.39 is 48.5 Å². The summed E-state index contributed by atoms with van der Waals surface area (Å²) in [4.78, 5) is 26.0. The number of allylic oxidation sites excluding steroid dienone is 2. The largest absolute Gasteiger partial charge is 0.506 e. The fourth-order valence-electron chi connectivity index (χ4n) is 12.0. The molecule has 9 rings (SSSR count). The van der Waals surface area contributed by atoms with Crippen LogP contribution in [0, 0.1) is 36.0 Å². The fourth-order valence-corrected chi connectivity index (χ4v) is 12.0. The number of phenolic OH excluding ortho intramolecular Hbond substituents is 1. The number of ketones is 1. The molecule has 6 N–H and O–H groups in total. The predicted octanol–water partition coefficient (Wildman–Crippen LogP) is 5.03. The van der Waals surface area contributed by atoms with E-state index in [4.69, 9.17) is 18.9 Å². The molecule has 10 unspecified atom stereocenters. The third-order valence-electron chi connectivity index (χ3n) is 14.4. The lowest BCUT2D eigenvalue weighted by molar-refractivity contribution is -0.326. The Morgan fingerprint density at radius 2 is 1.86 bits per heavy atom. The van der Waals surface area contributed by atoms with Crippen molar-refractivity contribution < 1.29 is 59.2 Å². The zero-order valence-corrected chi connectivity index (χ0v) is 32.6. The van der Waals surface area contributed by atoms with Crippen molar-refractivity contribution in [2.24, 2.45) is 29.1 Å². The summed E-state index contributed by atoms with van der Waals surface area (Å²) in [7, 11) is 0. The molecule has 2 saturated carbocycles. The third-order valence-corrected chi connectivity index (χ3v) is 14.4. The number of hydrogen-bond acceptors (Lipinski definition) is 11. The quantitative estimate of drug-likeness (QED) is 0.150. The molecule has 10 atom stereocenters. The number of ether oxygens (including phenoxy) is 4. The standard InChI is InChI=1S/C46H52O12/c1-24-16-28-17-29(43(53)54)18-34(38(28)40(50)36(24)33(49)13-10-25-6-3-2-4-7-25)57-44-41(51)42(52)46(35(20-48)58-44)19-31-30-9-5-8-27-21-55-23-45(14-15-47,39(27)30)32-12-11-26(22-56-46)37(31)32/h2-4,6-7,12,16-18,27,30-31,35,39,41-42,44,47-48,50-52H,5,8-11,13-15,19-23H2,1H3,(H,53,54). The van der Waals surface area contributed by atoms with Crippen LogP contribution in [0.3, 0.4) is 0 Å². The van der Waals surface area contributed by atoms with Crippen molar-refractivity contribution in [3.8, 4) is 11.5 Å². The predicted molar refractivity (Wildman–Crippen MR) is 211 cm³/mol. The molecule has 58 heavy (non-hydrogen) atoms. The van der Waals surface area contributed by atoms with Gasteiger partial charge in [-0.15, -0.1) is 0 Å². The van der Waals surface area contributed by atoms with Crippen LogP contribution in [0.25, 0.3) is 10.8 Å². The van der Waals surface area contributed by atoms with Gasteiger partial charge in [0.1, 0.15) is 35.4 Å². The van der Waals surface area contributed by atoms with Gasteiger partial charge in [-0.2, -0.15) is 0 Å². The highest BCUT2D eigenvalue weighted by Gasteiger charge is 2.65. The average Bonchev–Trinajstić information content (AvgIpc) is 3.58. The van der Waals surface area contributed by atoms with E-state index in [2.05, 4.69) is 6.08 Å².